The molecule has 1 atom stereocenters. The van der Waals surface area contributed by atoms with E-state index in [0.29, 0.717) is 5.56 Å². The Balaban J connectivity index is 2.08. The molecule has 2 heterocycles. The van der Waals surface area contributed by atoms with Crippen molar-refractivity contribution in [1.82, 2.24) is 15.6 Å². The van der Waals surface area contributed by atoms with Crippen LogP contribution in [0, 0.1) is 13.8 Å². The molecule has 0 bridgehead atoms. The van der Waals surface area contributed by atoms with Gasteiger partial charge in [0, 0.05) is 18.3 Å². The Hall–Kier alpha value is -1.42. The highest BCUT2D eigenvalue weighted by Crippen LogP contribution is 2.07. The lowest BCUT2D eigenvalue weighted by molar-refractivity contribution is 0.0939. The van der Waals surface area contributed by atoms with Gasteiger partial charge in [-0.05, 0) is 38.9 Å². The zero-order valence-electron chi connectivity index (χ0n) is 9.71. The van der Waals surface area contributed by atoms with Crippen molar-refractivity contribution >= 4 is 5.91 Å². The summed E-state index contributed by atoms with van der Waals surface area (Å²) in [6.45, 7) is 5.64. The Morgan fingerprint density at radius 3 is 2.94 bits per heavy atom. The third kappa shape index (κ3) is 2.39. The average molecular weight is 219 g/mol. The SMILES string of the molecule is Cc1ccc(C(=O)NC2CCNC2)c(C)n1. The van der Waals surface area contributed by atoms with Crippen LogP contribution in [-0.2, 0) is 0 Å². The van der Waals surface area contributed by atoms with Crippen LogP contribution in [0.5, 0.6) is 0 Å². The lowest BCUT2D eigenvalue weighted by Gasteiger charge is -2.12. The predicted octanol–water partition coefficient (Wildman–Crippen LogP) is 0.790. The van der Waals surface area contributed by atoms with Gasteiger partial charge in [-0.15, -0.1) is 0 Å². The van der Waals surface area contributed by atoms with Gasteiger partial charge >= 0.3 is 0 Å². The molecule has 2 rings (SSSR count). The molecule has 0 radical (unpaired) electrons. The van der Waals surface area contributed by atoms with Gasteiger partial charge in [0.25, 0.3) is 5.91 Å². The van der Waals surface area contributed by atoms with Crippen molar-refractivity contribution in [2.24, 2.45) is 0 Å². The van der Waals surface area contributed by atoms with Crippen LogP contribution in [-0.4, -0.2) is 30.0 Å². The van der Waals surface area contributed by atoms with E-state index >= 15 is 0 Å². The molecule has 86 valence electrons. The number of aryl methyl sites for hydroxylation is 2. The summed E-state index contributed by atoms with van der Waals surface area (Å²) in [6.07, 6.45) is 1.00. The third-order valence-electron chi connectivity index (χ3n) is 2.87. The molecule has 1 aromatic rings. The van der Waals surface area contributed by atoms with Crippen LogP contribution in [0.25, 0.3) is 0 Å². The Morgan fingerprint density at radius 1 is 1.50 bits per heavy atom. The molecule has 1 fully saturated rings. The normalized spacial score (nSPS) is 19.8. The summed E-state index contributed by atoms with van der Waals surface area (Å²) >= 11 is 0. The molecule has 1 aromatic heterocycles. The van der Waals surface area contributed by atoms with Crippen molar-refractivity contribution in [2.45, 2.75) is 26.3 Å². The fourth-order valence-corrected chi connectivity index (χ4v) is 1.97. The van der Waals surface area contributed by atoms with E-state index in [1.54, 1.807) is 0 Å². The molecule has 1 amide bonds. The molecule has 0 aliphatic carbocycles. The van der Waals surface area contributed by atoms with Crippen LogP contribution in [0.15, 0.2) is 12.1 Å². The second-order valence-electron chi connectivity index (χ2n) is 4.25. The zero-order chi connectivity index (χ0) is 11.5. The fraction of sp³-hybridized carbons (Fsp3) is 0.500. The van der Waals surface area contributed by atoms with Crippen LogP contribution in [0.1, 0.15) is 28.2 Å². The molecule has 0 saturated carbocycles. The van der Waals surface area contributed by atoms with Gasteiger partial charge in [-0.3, -0.25) is 9.78 Å². The predicted molar refractivity (Wildman–Crippen MR) is 62.5 cm³/mol. The number of nitrogens with one attached hydrogen (secondary N) is 2. The number of nitrogens with zero attached hydrogens (tertiary/aromatic N) is 1. The van der Waals surface area contributed by atoms with E-state index in [4.69, 9.17) is 0 Å². The van der Waals surface area contributed by atoms with Crippen LogP contribution >= 0.6 is 0 Å². The number of rotatable bonds is 2. The summed E-state index contributed by atoms with van der Waals surface area (Å²) < 4.78 is 0. The van der Waals surface area contributed by atoms with E-state index < -0.39 is 0 Å². The summed E-state index contributed by atoms with van der Waals surface area (Å²) in [4.78, 5) is 16.2. The fourth-order valence-electron chi connectivity index (χ4n) is 1.97. The molecule has 1 aliphatic rings. The maximum atomic E-state index is 12.0. The van der Waals surface area contributed by atoms with Gasteiger partial charge in [0.2, 0.25) is 0 Å². The standard InChI is InChI=1S/C12H17N3O/c1-8-3-4-11(9(2)14-8)12(16)15-10-5-6-13-7-10/h3-4,10,13H,5-7H2,1-2H3,(H,15,16). The molecule has 16 heavy (non-hydrogen) atoms. The van der Waals surface area contributed by atoms with Gasteiger partial charge in [-0.25, -0.2) is 0 Å². The number of aromatic nitrogens is 1. The zero-order valence-corrected chi connectivity index (χ0v) is 9.71. The van der Waals surface area contributed by atoms with Gasteiger partial charge in [-0.1, -0.05) is 0 Å². The topological polar surface area (TPSA) is 54.0 Å². The molecule has 1 aliphatic heterocycles. The number of pyridine rings is 1. The van der Waals surface area contributed by atoms with Gasteiger partial charge in [0.1, 0.15) is 0 Å². The van der Waals surface area contributed by atoms with Crippen LogP contribution in [0.3, 0.4) is 0 Å². The molecule has 4 nitrogen and oxygen atoms in total. The minimum absolute atomic E-state index is 0.0151. The minimum atomic E-state index is -0.0151. The number of hydrogen-bond donors (Lipinski definition) is 2. The molecule has 0 spiro atoms. The first-order chi connectivity index (χ1) is 7.66. The summed E-state index contributed by atoms with van der Waals surface area (Å²) in [7, 11) is 0. The summed E-state index contributed by atoms with van der Waals surface area (Å²) in [5, 5.41) is 6.24. The molecule has 4 heteroatoms. The van der Waals surface area contributed by atoms with Crippen molar-refractivity contribution in [3.8, 4) is 0 Å². The average Bonchev–Trinajstić information content (AvgIpc) is 2.70. The second-order valence-corrected chi connectivity index (χ2v) is 4.25. The highest BCUT2D eigenvalue weighted by atomic mass is 16.1. The Bertz CT molecular complexity index is 397. The third-order valence-corrected chi connectivity index (χ3v) is 2.87. The minimum Gasteiger partial charge on any atom is -0.348 e. The van der Waals surface area contributed by atoms with Crippen LogP contribution in [0.2, 0.25) is 0 Å². The van der Waals surface area contributed by atoms with Crippen molar-refractivity contribution in [1.29, 1.82) is 0 Å². The Morgan fingerprint density at radius 2 is 2.31 bits per heavy atom. The maximum Gasteiger partial charge on any atom is 0.253 e. The van der Waals surface area contributed by atoms with Gasteiger partial charge in [0.15, 0.2) is 0 Å². The summed E-state index contributed by atoms with van der Waals surface area (Å²) in [5.41, 5.74) is 2.41. The van der Waals surface area contributed by atoms with Gasteiger partial charge < -0.3 is 10.6 Å². The number of carbonyl (C=O) groups is 1. The second kappa shape index (κ2) is 4.61. The highest BCUT2D eigenvalue weighted by molar-refractivity contribution is 5.95. The largest absolute Gasteiger partial charge is 0.348 e. The van der Waals surface area contributed by atoms with Gasteiger partial charge in [0.05, 0.1) is 11.3 Å². The van der Waals surface area contributed by atoms with E-state index in [-0.39, 0.29) is 11.9 Å². The monoisotopic (exact) mass is 219 g/mol. The molecular formula is C12H17N3O. The Kier molecular flexibility index (Phi) is 3.19. The first kappa shape index (κ1) is 11.1. The number of hydrogen-bond acceptors (Lipinski definition) is 3. The highest BCUT2D eigenvalue weighted by Gasteiger charge is 2.18. The van der Waals surface area contributed by atoms with Crippen molar-refractivity contribution in [3.63, 3.8) is 0 Å². The number of carbonyl (C=O) groups excluding carboxylic acids is 1. The van der Waals surface area contributed by atoms with Crippen molar-refractivity contribution < 1.29 is 4.79 Å². The molecule has 1 saturated heterocycles. The van der Waals surface area contributed by atoms with E-state index in [1.807, 2.05) is 26.0 Å². The van der Waals surface area contributed by atoms with Crippen molar-refractivity contribution in [3.05, 3.63) is 29.1 Å². The van der Waals surface area contributed by atoms with Crippen LogP contribution in [0.4, 0.5) is 0 Å². The quantitative estimate of drug-likeness (QED) is 0.773. The van der Waals surface area contributed by atoms with Gasteiger partial charge in [-0.2, -0.15) is 0 Å². The molecule has 2 N–H and O–H groups in total. The Labute approximate surface area is 95.5 Å². The first-order valence-electron chi connectivity index (χ1n) is 5.62. The summed E-state index contributed by atoms with van der Waals surface area (Å²) in [6, 6.07) is 3.97. The van der Waals surface area contributed by atoms with E-state index in [9.17, 15) is 4.79 Å². The lowest BCUT2D eigenvalue weighted by Crippen LogP contribution is -2.36. The lowest BCUT2D eigenvalue weighted by atomic mass is 10.1. The molecule has 0 aromatic carbocycles. The van der Waals surface area contributed by atoms with E-state index in [0.717, 1.165) is 30.9 Å². The van der Waals surface area contributed by atoms with Crippen molar-refractivity contribution in [2.75, 3.05) is 13.1 Å². The van der Waals surface area contributed by atoms with E-state index in [2.05, 4.69) is 15.6 Å². The number of amides is 1. The summed E-state index contributed by atoms with van der Waals surface area (Å²) in [5.74, 6) is -0.0151. The first-order valence-corrected chi connectivity index (χ1v) is 5.62. The molecule has 1 unspecified atom stereocenters. The van der Waals surface area contributed by atoms with Crippen LogP contribution < -0.4 is 10.6 Å². The smallest absolute Gasteiger partial charge is 0.253 e. The van der Waals surface area contributed by atoms with E-state index in [1.165, 1.54) is 0 Å². The maximum absolute atomic E-state index is 12.0. The molecular weight excluding hydrogens is 202 g/mol.